The highest BCUT2D eigenvalue weighted by molar-refractivity contribution is 5.93. The number of carbonyl (C=O) groups is 1. The second-order valence-electron chi connectivity index (χ2n) is 3.76. The molecule has 2 rings (SSSR count). The standard InChI is InChI=1S/C13H12FN3O2/c1-19-12-6-9(2-4-16-12)8-17-13(18)10-3-5-15-11(14)7-10/h2-7H,8H2,1H3,(H,17,18). The van der Waals surface area contributed by atoms with E-state index in [4.69, 9.17) is 4.74 Å². The molecule has 1 amide bonds. The van der Waals surface area contributed by atoms with Gasteiger partial charge in [0.2, 0.25) is 11.8 Å². The van der Waals surface area contributed by atoms with Crippen molar-refractivity contribution in [3.05, 3.63) is 53.7 Å². The Balaban J connectivity index is 2.00. The molecule has 0 atom stereocenters. The van der Waals surface area contributed by atoms with Crippen LogP contribution in [-0.4, -0.2) is 23.0 Å². The first kappa shape index (κ1) is 12.9. The van der Waals surface area contributed by atoms with Gasteiger partial charge in [0.05, 0.1) is 7.11 Å². The number of carbonyl (C=O) groups excluding carboxylic acids is 1. The summed E-state index contributed by atoms with van der Waals surface area (Å²) in [5.41, 5.74) is 1.07. The third-order valence-corrected chi connectivity index (χ3v) is 2.45. The van der Waals surface area contributed by atoms with Crippen molar-refractivity contribution in [2.45, 2.75) is 6.54 Å². The van der Waals surface area contributed by atoms with Gasteiger partial charge in [0.1, 0.15) is 0 Å². The van der Waals surface area contributed by atoms with Crippen LogP contribution in [0, 0.1) is 5.95 Å². The van der Waals surface area contributed by atoms with Gasteiger partial charge in [0.25, 0.3) is 5.91 Å². The number of hydrogen-bond donors (Lipinski definition) is 1. The second-order valence-corrected chi connectivity index (χ2v) is 3.76. The molecule has 6 heteroatoms. The van der Waals surface area contributed by atoms with Gasteiger partial charge in [0, 0.05) is 36.6 Å². The fraction of sp³-hybridized carbons (Fsp3) is 0.154. The lowest BCUT2D eigenvalue weighted by Crippen LogP contribution is -2.23. The summed E-state index contributed by atoms with van der Waals surface area (Å²) in [4.78, 5) is 19.1. The van der Waals surface area contributed by atoms with Gasteiger partial charge < -0.3 is 10.1 Å². The highest BCUT2D eigenvalue weighted by Gasteiger charge is 2.07. The Kier molecular flexibility index (Phi) is 4.02. The Labute approximate surface area is 109 Å². The maximum atomic E-state index is 12.9. The molecule has 5 nitrogen and oxygen atoms in total. The first-order valence-corrected chi connectivity index (χ1v) is 5.57. The van der Waals surface area contributed by atoms with Crippen LogP contribution >= 0.6 is 0 Å². The molecule has 0 saturated carbocycles. The van der Waals surface area contributed by atoms with Crippen molar-refractivity contribution in [2.75, 3.05) is 7.11 Å². The van der Waals surface area contributed by atoms with Crippen molar-refractivity contribution in [1.82, 2.24) is 15.3 Å². The lowest BCUT2D eigenvalue weighted by atomic mass is 10.2. The Hall–Kier alpha value is -2.50. The minimum Gasteiger partial charge on any atom is -0.481 e. The summed E-state index contributed by atoms with van der Waals surface area (Å²) in [6.45, 7) is 0.307. The quantitative estimate of drug-likeness (QED) is 0.848. The van der Waals surface area contributed by atoms with E-state index in [9.17, 15) is 9.18 Å². The topological polar surface area (TPSA) is 64.1 Å². The lowest BCUT2D eigenvalue weighted by molar-refractivity contribution is 0.0950. The van der Waals surface area contributed by atoms with Crippen LogP contribution in [-0.2, 0) is 6.54 Å². The molecule has 0 radical (unpaired) electrons. The zero-order valence-corrected chi connectivity index (χ0v) is 10.3. The number of hydrogen-bond acceptors (Lipinski definition) is 4. The van der Waals surface area contributed by atoms with Gasteiger partial charge >= 0.3 is 0 Å². The number of methoxy groups -OCH3 is 1. The van der Waals surface area contributed by atoms with Crippen LogP contribution in [0.15, 0.2) is 36.7 Å². The van der Waals surface area contributed by atoms with Gasteiger partial charge in [-0.25, -0.2) is 9.97 Å². The number of rotatable bonds is 4. The zero-order chi connectivity index (χ0) is 13.7. The maximum Gasteiger partial charge on any atom is 0.251 e. The smallest absolute Gasteiger partial charge is 0.251 e. The molecule has 0 spiro atoms. The van der Waals surface area contributed by atoms with E-state index in [2.05, 4.69) is 15.3 Å². The largest absolute Gasteiger partial charge is 0.481 e. The summed E-state index contributed by atoms with van der Waals surface area (Å²) < 4.78 is 17.9. The van der Waals surface area contributed by atoms with Gasteiger partial charge in [-0.2, -0.15) is 4.39 Å². The van der Waals surface area contributed by atoms with Crippen LogP contribution < -0.4 is 10.1 Å². The average molecular weight is 261 g/mol. The van der Waals surface area contributed by atoms with E-state index < -0.39 is 5.95 Å². The Bertz CT molecular complexity index is 590. The van der Waals surface area contributed by atoms with Crippen molar-refractivity contribution in [3.63, 3.8) is 0 Å². The van der Waals surface area contributed by atoms with Gasteiger partial charge in [-0.3, -0.25) is 4.79 Å². The van der Waals surface area contributed by atoms with Gasteiger partial charge in [-0.05, 0) is 17.7 Å². The minimum atomic E-state index is -0.682. The number of aromatic nitrogens is 2. The third-order valence-electron chi connectivity index (χ3n) is 2.45. The predicted octanol–water partition coefficient (Wildman–Crippen LogP) is 1.55. The van der Waals surface area contributed by atoms with Crippen LogP contribution in [0.25, 0.3) is 0 Å². The SMILES string of the molecule is COc1cc(CNC(=O)c2ccnc(F)c2)ccn1. The van der Waals surface area contributed by atoms with Gasteiger partial charge in [-0.1, -0.05) is 0 Å². The van der Waals surface area contributed by atoms with Crippen LogP contribution in [0.3, 0.4) is 0 Å². The van der Waals surface area contributed by atoms with E-state index in [1.807, 2.05) is 0 Å². The molecule has 0 aliphatic carbocycles. The highest BCUT2D eigenvalue weighted by atomic mass is 19.1. The molecule has 0 fully saturated rings. The van der Waals surface area contributed by atoms with Gasteiger partial charge in [0.15, 0.2) is 0 Å². The molecule has 98 valence electrons. The number of nitrogens with zero attached hydrogens (tertiary/aromatic N) is 2. The molecule has 2 heterocycles. The summed E-state index contributed by atoms with van der Waals surface area (Å²) in [6, 6.07) is 6.01. The fourth-order valence-corrected chi connectivity index (χ4v) is 1.50. The Morgan fingerprint density at radius 2 is 2.11 bits per heavy atom. The number of amides is 1. The van der Waals surface area contributed by atoms with Crippen molar-refractivity contribution in [1.29, 1.82) is 0 Å². The van der Waals surface area contributed by atoms with E-state index in [0.717, 1.165) is 11.6 Å². The van der Waals surface area contributed by atoms with Gasteiger partial charge in [-0.15, -0.1) is 0 Å². The summed E-state index contributed by atoms with van der Waals surface area (Å²) in [7, 11) is 1.52. The van der Waals surface area contributed by atoms with Crippen LogP contribution in [0.1, 0.15) is 15.9 Å². The molecule has 2 aromatic rings. The Morgan fingerprint density at radius 1 is 1.32 bits per heavy atom. The molecule has 1 N–H and O–H groups in total. The van der Waals surface area contributed by atoms with E-state index >= 15 is 0 Å². The number of nitrogens with one attached hydrogen (secondary N) is 1. The predicted molar refractivity (Wildman–Crippen MR) is 66.2 cm³/mol. The fourth-order valence-electron chi connectivity index (χ4n) is 1.50. The highest BCUT2D eigenvalue weighted by Crippen LogP contribution is 2.08. The monoisotopic (exact) mass is 261 g/mol. The number of pyridine rings is 2. The third kappa shape index (κ3) is 3.48. The molecule has 2 aromatic heterocycles. The molecule has 0 aromatic carbocycles. The Morgan fingerprint density at radius 3 is 2.84 bits per heavy atom. The number of halogens is 1. The van der Waals surface area contributed by atoms with E-state index in [-0.39, 0.29) is 11.5 Å². The first-order valence-electron chi connectivity index (χ1n) is 5.57. The van der Waals surface area contributed by atoms with Crippen LogP contribution in [0.4, 0.5) is 4.39 Å². The minimum absolute atomic E-state index is 0.230. The molecule has 0 saturated heterocycles. The summed E-state index contributed by atoms with van der Waals surface area (Å²) in [5, 5.41) is 2.68. The van der Waals surface area contributed by atoms with Crippen LogP contribution in [0.2, 0.25) is 0 Å². The molecular formula is C13H12FN3O2. The first-order chi connectivity index (χ1) is 9.19. The second kappa shape index (κ2) is 5.90. The normalized spacial score (nSPS) is 10.0. The average Bonchev–Trinajstić information content (AvgIpc) is 2.45. The van der Waals surface area contributed by atoms with Crippen molar-refractivity contribution >= 4 is 5.91 Å². The molecule has 0 aliphatic rings. The summed E-state index contributed by atoms with van der Waals surface area (Å²) >= 11 is 0. The van der Waals surface area contributed by atoms with E-state index in [1.54, 1.807) is 18.3 Å². The zero-order valence-electron chi connectivity index (χ0n) is 10.3. The molecule has 0 bridgehead atoms. The molecule has 0 unspecified atom stereocenters. The van der Waals surface area contributed by atoms with Crippen molar-refractivity contribution in [2.24, 2.45) is 0 Å². The summed E-state index contributed by atoms with van der Waals surface area (Å²) in [5.74, 6) is -0.572. The van der Waals surface area contributed by atoms with E-state index in [0.29, 0.717) is 12.4 Å². The summed E-state index contributed by atoms with van der Waals surface area (Å²) in [6.07, 6.45) is 2.84. The van der Waals surface area contributed by atoms with Crippen molar-refractivity contribution in [3.8, 4) is 5.88 Å². The lowest BCUT2D eigenvalue weighted by Gasteiger charge is -2.06. The maximum absolute atomic E-state index is 12.9. The molecule has 19 heavy (non-hydrogen) atoms. The molecule has 0 aliphatic heterocycles. The number of ether oxygens (including phenoxy) is 1. The van der Waals surface area contributed by atoms with Crippen LogP contribution in [0.5, 0.6) is 5.88 Å². The van der Waals surface area contributed by atoms with E-state index in [1.165, 1.54) is 19.4 Å². The van der Waals surface area contributed by atoms with Crippen molar-refractivity contribution < 1.29 is 13.9 Å². The molecular weight excluding hydrogens is 249 g/mol.